The molecular formula is C23H24BrF3N2O2. The summed E-state index contributed by atoms with van der Waals surface area (Å²) in [7, 11) is 0. The quantitative estimate of drug-likeness (QED) is 0.390. The van der Waals surface area contributed by atoms with E-state index in [1.807, 2.05) is 30.3 Å². The fourth-order valence-electron chi connectivity index (χ4n) is 4.24. The second-order valence-corrected chi connectivity index (χ2v) is 9.61. The monoisotopic (exact) mass is 496 g/mol. The molecule has 3 aromatic rings. The van der Waals surface area contributed by atoms with E-state index < -0.39 is 23.7 Å². The van der Waals surface area contributed by atoms with Gasteiger partial charge in [0.1, 0.15) is 5.75 Å². The van der Waals surface area contributed by atoms with Crippen LogP contribution >= 0.6 is 15.9 Å². The molecule has 166 valence electrons. The van der Waals surface area contributed by atoms with Gasteiger partial charge in [0.15, 0.2) is 0 Å². The molecule has 1 aliphatic heterocycles. The van der Waals surface area contributed by atoms with Crippen LogP contribution in [0.3, 0.4) is 0 Å². The molecule has 1 aromatic heterocycles. The van der Waals surface area contributed by atoms with E-state index in [9.17, 15) is 18.3 Å². The number of benzene rings is 2. The van der Waals surface area contributed by atoms with Crippen molar-refractivity contribution in [3.8, 4) is 5.75 Å². The normalized spacial score (nSPS) is 16.2. The molecule has 2 aromatic carbocycles. The van der Waals surface area contributed by atoms with Crippen LogP contribution in [0.5, 0.6) is 5.75 Å². The Morgan fingerprint density at radius 2 is 1.90 bits per heavy atom. The van der Waals surface area contributed by atoms with E-state index in [0.717, 1.165) is 20.9 Å². The summed E-state index contributed by atoms with van der Waals surface area (Å²) in [5.41, 5.74) is -1.11. The van der Waals surface area contributed by atoms with Crippen molar-refractivity contribution in [1.29, 1.82) is 0 Å². The van der Waals surface area contributed by atoms with Crippen molar-refractivity contribution in [2.45, 2.75) is 50.6 Å². The Balaban J connectivity index is 1.61. The standard InChI is InChI=1S/C23H24BrF3N2O2/c1-21(2,18-11-16(24)9-15-7-8-31-20(15)18)13-22(30,23(25,26)27)28-12-17-10-14-5-3-4-6-19(14)29-17/h3-6,9-11,28-30H,7-8,12-13H2,1-2H3. The summed E-state index contributed by atoms with van der Waals surface area (Å²) in [6, 6.07) is 12.9. The summed E-state index contributed by atoms with van der Waals surface area (Å²) >= 11 is 3.45. The number of fused-ring (bicyclic) bond motifs is 2. The summed E-state index contributed by atoms with van der Waals surface area (Å²) in [6.45, 7) is 3.72. The van der Waals surface area contributed by atoms with Gasteiger partial charge in [-0.15, -0.1) is 0 Å². The molecule has 0 saturated heterocycles. The van der Waals surface area contributed by atoms with E-state index in [-0.39, 0.29) is 6.54 Å². The maximum Gasteiger partial charge on any atom is 0.431 e. The number of hydrogen-bond acceptors (Lipinski definition) is 3. The summed E-state index contributed by atoms with van der Waals surface area (Å²) in [5.74, 6) is 0.619. The fourth-order valence-corrected chi connectivity index (χ4v) is 4.75. The van der Waals surface area contributed by atoms with E-state index in [2.05, 4.69) is 26.2 Å². The molecule has 31 heavy (non-hydrogen) atoms. The third-order valence-corrected chi connectivity index (χ3v) is 6.26. The summed E-state index contributed by atoms with van der Waals surface area (Å²) in [4.78, 5) is 3.09. The minimum Gasteiger partial charge on any atom is -0.493 e. The van der Waals surface area contributed by atoms with Gasteiger partial charge in [-0.25, -0.2) is 0 Å². The predicted molar refractivity (Wildman–Crippen MR) is 117 cm³/mol. The highest BCUT2D eigenvalue weighted by Gasteiger charge is 2.56. The number of ether oxygens (including phenoxy) is 1. The van der Waals surface area contributed by atoms with E-state index in [1.54, 1.807) is 26.0 Å². The van der Waals surface area contributed by atoms with Crippen molar-refractivity contribution in [3.63, 3.8) is 0 Å². The maximum absolute atomic E-state index is 14.0. The Morgan fingerprint density at radius 3 is 2.61 bits per heavy atom. The van der Waals surface area contributed by atoms with Crippen LogP contribution in [0.1, 0.15) is 37.1 Å². The van der Waals surface area contributed by atoms with Gasteiger partial charge in [0.05, 0.1) is 6.61 Å². The number of aliphatic hydroxyl groups is 1. The van der Waals surface area contributed by atoms with Gasteiger partial charge >= 0.3 is 6.18 Å². The second kappa shape index (κ2) is 7.83. The first kappa shape index (κ1) is 22.2. The molecule has 8 heteroatoms. The number of halogens is 4. The minimum absolute atomic E-state index is 0.159. The van der Waals surface area contributed by atoms with Crippen molar-refractivity contribution in [2.24, 2.45) is 0 Å². The lowest BCUT2D eigenvalue weighted by Crippen LogP contribution is -2.59. The molecule has 1 atom stereocenters. The van der Waals surface area contributed by atoms with Gasteiger partial charge in [-0.3, -0.25) is 5.32 Å². The van der Waals surface area contributed by atoms with Crippen LogP contribution in [-0.2, 0) is 18.4 Å². The molecule has 0 radical (unpaired) electrons. The van der Waals surface area contributed by atoms with Crippen LogP contribution in [-0.4, -0.2) is 28.6 Å². The third kappa shape index (κ3) is 4.33. The second-order valence-electron chi connectivity index (χ2n) is 8.69. The zero-order chi connectivity index (χ0) is 22.4. The smallest absolute Gasteiger partial charge is 0.431 e. The minimum atomic E-state index is -4.87. The highest BCUT2D eigenvalue weighted by molar-refractivity contribution is 9.10. The molecule has 4 nitrogen and oxygen atoms in total. The first-order valence-corrected chi connectivity index (χ1v) is 10.8. The molecule has 0 spiro atoms. The third-order valence-electron chi connectivity index (χ3n) is 5.80. The topological polar surface area (TPSA) is 57.3 Å². The van der Waals surface area contributed by atoms with Gasteiger partial charge in [-0.05, 0) is 40.6 Å². The van der Waals surface area contributed by atoms with Crippen LogP contribution in [0.25, 0.3) is 10.9 Å². The van der Waals surface area contributed by atoms with E-state index >= 15 is 0 Å². The molecule has 0 amide bonds. The number of nitrogens with one attached hydrogen (secondary N) is 2. The average molecular weight is 497 g/mol. The first-order chi connectivity index (χ1) is 14.5. The molecule has 0 saturated carbocycles. The molecule has 1 aliphatic rings. The Morgan fingerprint density at radius 1 is 1.16 bits per heavy atom. The summed E-state index contributed by atoms with van der Waals surface area (Å²) in [5, 5.41) is 14.1. The number of alkyl halides is 3. The van der Waals surface area contributed by atoms with E-state index in [0.29, 0.717) is 30.0 Å². The average Bonchev–Trinajstić information content (AvgIpc) is 3.30. The van der Waals surface area contributed by atoms with Crippen molar-refractivity contribution in [1.82, 2.24) is 10.3 Å². The Kier molecular flexibility index (Phi) is 5.60. The largest absolute Gasteiger partial charge is 0.493 e. The number of para-hydroxylation sites is 1. The highest BCUT2D eigenvalue weighted by atomic mass is 79.9. The Hall–Kier alpha value is -2.03. The molecular weight excluding hydrogens is 473 g/mol. The van der Waals surface area contributed by atoms with Crippen LogP contribution < -0.4 is 10.1 Å². The van der Waals surface area contributed by atoms with Crippen molar-refractivity contribution < 1.29 is 23.0 Å². The first-order valence-electron chi connectivity index (χ1n) is 10.0. The number of aromatic amines is 1. The Labute approximate surface area is 186 Å². The van der Waals surface area contributed by atoms with Gasteiger partial charge in [-0.1, -0.05) is 48.0 Å². The van der Waals surface area contributed by atoms with Gasteiger partial charge in [-0.2, -0.15) is 13.2 Å². The molecule has 0 bridgehead atoms. The highest BCUT2D eigenvalue weighted by Crippen LogP contribution is 2.45. The Bertz CT molecular complexity index is 1080. The van der Waals surface area contributed by atoms with Crippen LogP contribution in [0, 0.1) is 0 Å². The van der Waals surface area contributed by atoms with Gasteiger partial charge in [0.25, 0.3) is 0 Å². The lowest BCUT2D eigenvalue weighted by molar-refractivity contribution is -0.280. The lowest BCUT2D eigenvalue weighted by Gasteiger charge is -2.39. The van der Waals surface area contributed by atoms with E-state index in [4.69, 9.17) is 4.74 Å². The summed E-state index contributed by atoms with van der Waals surface area (Å²) in [6.07, 6.45) is -4.73. The molecule has 0 fully saturated rings. The predicted octanol–water partition coefficient (Wildman–Crippen LogP) is 5.57. The van der Waals surface area contributed by atoms with Gasteiger partial charge in [0.2, 0.25) is 5.72 Å². The van der Waals surface area contributed by atoms with Crippen LogP contribution in [0.4, 0.5) is 13.2 Å². The molecule has 1 unspecified atom stereocenters. The lowest BCUT2D eigenvalue weighted by atomic mass is 9.76. The van der Waals surface area contributed by atoms with Crippen molar-refractivity contribution in [3.05, 3.63) is 63.8 Å². The van der Waals surface area contributed by atoms with Gasteiger partial charge < -0.3 is 14.8 Å². The zero-order valence-electron chi connectivity index (χ0n) is 17.2. The molecule has 4 rings (SSSR count). The van der Waals surface area contributed by atoms with Crippen molar-refractivity contribution in [2.75, 3.05) is 6.61 Å². The van der Waals surface area contributed by atoms with Crippen LogP contribution in [0.15, 0.2) is 46.9 Å². The molecule has 3 N–H and O–H groups in total. The molecule has 0 aliphatic carbocycles. The van der Waals surface area contributed by atoms with Gasteiger partial charge in [0, 0.05) is 40.6 Å². The number of rotatable bonds is 6. The fraction of sp³-hybridized carbons (Fsp3) is 0.391. The molecule has 2 heterocycles. The zero-order valence-corrected chi connectivity index (χ0v) is 18.8. The number of hydrogen-bond donors (Lipinski definition) is 3. The SMILES string of the molecule is CC(C)(CC(O)(NCc1cc2ccccc2[nH]1)C(F)(F)F)c1cc(Br)cc2c1OCC2. The summed E-state index contributed by atoms with van der Waals surface area (Å²) < 4.78 is 48.6. The van der Waals surface area contributed by atoms with Crippen molar-refractivity contribution >= 4 is 26.8 Å². The van der Waals surface area contributed by atoms with E-state index in [1.165, 1.54) is 0 Å². The number of aromatic nitrogens is 1. The number of H-pyrrole nitrogens is 1. The van der Waals surface area contributed by atoms with Crippen LogP contribution in [0.2, 0.25) is 0 Å². The maximum atomic E-state index is 14.0.